The standard InChI is InChI=1S/C27H30F2N9O5.ClH/c1-3-12-42-26(40)43-18-34-16-31-35(17-34)14-27(41,23-9-4-20(28)13-24(23)29)19(2)36-10-11-37(25(36)39)21-5-7-22(8-6-21)38-15-30-32-33-38;/h4-9,13,15-17,19,41H,3,10-12,14,18H2,1-2H3;1H/q+1;/p-1/t19-,27-;/m1./s1. The van der Waals surface area contributed by atoms with E-state index >= 15 is 4.39 Å². The molecule has 1 aliphatic heterocycles. The van der Waals surface area contributed by atoms with Crippen molar-refractivity contribution >= 4 is 17.9 Å². The van der Waals surface area contributed by atoms with Gasteiger partial charge in [0.15, 0.2) is 5.60 Å². The zero-order valence-corrected chi connectivity index (χ0v) is 24.6. The molecule has 2 aromatic heterocycles. The Morgan fingerprint density at radius 3 is 2.55 bits per heavy atom. The summed E-state index contributed by atoms with van der Waals surface area (Å²) < 4.78 is 43.1. The average molecular weight is 634 g/mol. The zero-order chi connectivity index (χ0) is 30.6. The maximum absolute atomic E-state index is 15.2. The summed E-state index contributed by atoms with van der Waals surface area (Å²) in [7, 11) is 0. The van der Waals surface area contributed by atoms with Crippen molar-refractivity contribution in [2.24, 2.45) is 0 Å². The minimum Gasteiger partial charge on any atom is -1.00 e. The van der Waals surface area contributed by atoms with E-state index in [0.29, 0.717) is 30.4 Å². The van der Waals surface area contributed by atoms with Gasteiger partial charge in [-0.25, -0.2) is 23.1 Å². The summed E-state index contributed by atoms with van der Waals surface area (Å²) in [5.41, 5.74) is -0.942. The summed E-state index contributed by atoms with van der Waals surface area (Å²) in [5, 5.41) is 27.4. The molecule has 4 aromatic rings. The number of ether oxygens (including phenoxy) is 2. The van der Waals surface area contributed by atoms with Gasteiger partial charge >= 0.3 is 12.2 Å². The summed E-state index contributed by atoms with van der Waals surface area (Å²) in [6.45, 7) is 3.67. The Balaban J connectivity index is 0.00000442. The first-order chi connectivity index (χ1) is 20.7. The number of hydrogen-bond donors (Lipinski definition) is 1. The number of tetrazole rings is 1. The molecule has 0 radical (unpaired) electrons. The molecule has 14 nitrogen and oxygen atoms in total. The predicted molar refractivity (Wildman–Crippen MR) is 143 cm³/mol. The van der Waals surface area contributed by atoms with Gasteiger partial charge in [0.2, 0.25) is 13.1 Å². The van der Waals surface area contributed by atoms with Crippen LogP contribution in [0.2, 0.25) is 0 Å². The van der Waals surface area contributed by atoms with Crippen LogP contribution in [-0.4, -0.2) is 77.8 Å². The van der Waals surface area contributed by atoms with Crippen LogP contribution in [0.1, 0.15) is 25.8 Å². The van der Waals surface area contributed by atoms with E-state index in [1.807, 2.05) is 6.92 Å². The van der Waals surface area contributed by atoms with Crippen molar-refractivity contribution in [3.63, 3.8) is 0 Å². The van der Waals surface area contributed by atoms with Gasteiger partial charge in [-0.05, 0) is 59.2 Å². The second-order valence-corrected chi connectivity index (χ2v) is 9.95. The maximum Gasteiger partial charge on any atom is 0.511 e. The van der Waals surface area contributed by atoms with Gasteiger partial charge in [0.05, 0.1) is 18.3 Å². The molecule has 1 saturated heterocycles. The number of amides is 2. The van der Waals surface area contributed by atoms with Crippen molar-refractivity contribution in [3.8, 4) is 5.69 Å². The summed E-state index contributed by atoms with van der Waals surface area (Å²) >= 11 is 0. The van der Waals surface area contributed by atoms with Crippen LogP contribution in [0.25, 0.3) is 5.69 Å². The van der Waals surface area contributed by atoms with Crippen molar-refractivity contribution in [1.29, 1.82) is 0 Å². The number of aromatic nitrogens is 7. The van der Waals surface area contributed by atoms with Crippen molar-refractivity contribution < 1.29 is 50.0 Å². The lowest BCUT2D eigenvalue weighted by Crippen LogP contribution is -3.00. The van der Waals surface area contributed by atoms with Gasteiger partial charge in [-0.1, -0.05) is 13.0 Å². The number of hydrogen-bond acceptors (Lipinski definition) is 9. The van der Waals surface area contributed by atoms with Crippen LogP contribution in [0, 0.1) is 11.6 Å². The van der Waals surface area contributed by atoms with E-state index in [-0.39, 0.29) is 44.4 Å². The number of aliphatic hydroxyl groups is 1. The van der Waals surface area contributed by atoms with Gasteiger partial charge in [0, 0.05) is 30.4 Å². The molecule has 5 rings (SSSR count). The van der Waals surface area contributed by atoms with Crippen molar-refractivity contribution in [2.75, 3.05) is 24.6 Å². The third kappa shape index (κ3) is 6.75. The summed E-state index contributed by atoms with van der Waals surface area (Å²) in [6.07, 6.45) is 4.03. The molecule has 0 aliphatic carbocycles. The third-order valence-corrected chi connectivity index (χ3v) is 7.16. The molecule has 0 spiro atoms. The third-order valence-electron chi connectivity index (χ3n) is 7.16. The van der Waals surface area contributed by atoms with E-state index in [0.717, 1.165) is 12.1 Å². The van der Waals surface area contributed by atoms with Gasteiger partial charge in [-0.2, -0.15) is 4.57 Å². The molecule has 0 bridgehead atoms. The molecule has 2 aromatic carbocycles. The molecule has 234 valence electrons. The number of carbonyl (C=O) groups excluding carboxylic acids is 2. The number of halogens is 3. The van der Waals surface area contributed by atoms with Crippen LogP contribution in [-0.2, 0) is 28.4 Å². The quantitative estimate of drug-likeness (QED) is 0.165. The minimum absolute atomic E-state index is 0. The fraction of sp³-hybridized carbons (Fsp3) is 0.370. The molecule has 44 heavy (non-hydrogen) atoms. The van der Waals surface area contributed by atoms with Gasteiger partial charge in [-0.15, -0.1) is 9.78 Å². The van der Waals surface area contributed by atoms with E-state index in [9.17, 15) is 19.1 Å². The van der Waals surface area contributed by atoms with Gasteiger partial charge in [0.25, 0.3) is 6.33 Å². The van der Waals surface area contributed by atoms with Crippen molar-refractivity contribution in [1.82, 2.24) is 34.8 Å². The number of nitrogens with zero attached hydrogens (tertiary/aromatic N) is 9. The first-order valence-electron chi connectivity index (χ1n) is 13.5. The highest BCUT2D eigenvalue weighted by atomic mass is 35.5. The molecule has 1 aliphatic rings. The lowest BCUT2D eigenvalue weighted by molar-refractivity contribution is -0.765. The molecular weight excluding hydrogens is 604 g/mol. The molecule has 17 heteroatoms. The van der Waals surface area contributed by atoms with E-state index in [2.05, 4.69) is 20.6 Å². The average Bonchev–Trinajstić information content (AvgIpc) is 3.76. The van der Waals surface area contributed by atoms with Crippen LogP contribution in [0.4, 0.5) is 24.1 Å². The Morgan fingerprint density at radius 2 is 1.86 bits per heavy atom. The van der Waals surface area contributed by atoms with E-state index in [1.54, 1.807) is 31.2 Å². The SMILES string of the molecule is CCCOC(=O)OCn1cn[n+](C[C@](O)(c2ccc(F)cc2F)[C@@H](C)N2CCN(c3ccc(-n4cnnn4)cc3)C2=O)c1.[Cl-]. The fourth-order valence-electron chi connectivity index (χ4n) is 4.87. The highest BCUT2D eigenvalue weighted by Crippen LogP contribution is 2.34. The second kappa shape index (κ2) is 13.7. The van der Waals surface area contributed by atoms with E-state index in [1.165, 1.54) is 42.7 Å². The first-order valence-corrected chi connectivity index (χ1v) is 13.5. The van der Waals surface area contributed by atoms with Crippen LogP contribution < -0.4 is 22.0 Å². The first kappa shape index (κ1) is 32.2. The van der Waals surface area contributed by atoms with E-state index < -0.39 is 35.5 Å². The largest absolute Gasteiger partial charge is 1.00 e. The van der Waals surface area contributed by atoms with Crippen molar-refractivity contribution in [3.05, 3.63) is 78.6 Å². The molecule has 1 fully saturated rings. The van der Waals surface area contributed by atoms with Crippen LogP contribution in [0.5, 0.6) is 0 Å². The maximum atomic E-state index is 15.2. The normalized spacial score (nSPS) is 15.1. The Labute approximate surface area is 256 Å². The van der Waals surface area contributed by atoms with Crippen LogP contribution in [0.15, 0.2) is 61.4 Å². The molecule has 3 heterocycles. The smallest absolute Gasteiger partial charge is 0.511 e. The highest BCUT2D eigenvalue weighted by Gasteiger charge is 2.48. The topological polar surface area (TPSA) is 145 Å². The number of urea groups is 1. The predicted octanol–water partition coefficient (Wildman–Crippen LogP) is -0.832. The van der Waals surface area contributed by atoms with Crippen LogP contribution in [0.3, 0.4) is 0 Å². The molecule has 0 saturated carbocycles. The van der Waals surface area contributed by atoms with Gasteiger partial charge < -0.3 is 31.9 Å². The molecule has 0 unspecified atom stereocenters. The molecule has 2 amide bonds. The Kier molecular flexibility index (Phi) is 10.1. The van der Waals surface area contributed by atoms with E-state index in [4.69, 9.17) is 9.47 Å². The summed E-state index contributed by atoms with van der Waals surface area (Å²) in [5.74, 6) is -1.79. The highest BCUT2D eigenvalue weighted by molar-refractivity contribution is 5.94. The fourth-order valence-corrected chi connectivity index (χ4v) is 4.87. The Bertz CT molecular complexity index is 1570. The summed E-state index contributed by atoms with van der Waals surface area (Å²) in [6, 6.07) is 8.50. The number of rotatable bonds is 11. The lowest BCUT2D eigenvalue weighted by atomic mass is 9.85. The molecule has 2 atom stereocenters. The van der Waals surface area contributed by atoms with Gasteiger partial charge in [0.1, 0.15) is 24.5 Å². The lowest BCUT2D eigenvalue weighted by Gasteiger charge is -2.38. The number of anilines is 1. The Hall–Kier alpha value is -4.70. The van der Waals surface area contributed by atoms with Crippen LogP contribution >= 0.6 is 0 Å². The second-order valence-electron chi connectivity index (χ2n) is 9.95. The zero-order valence-electron chi connectivity index (χ0n) is 23.8. The number of benzene rings is 2. The monoisotopic (exact) mass is 633 g/mol. The Morgan fingerprint density at radius 1 is 1.11 bits per heavy atom. The molecular formula is C27H30ClF2N9O5. The molecule has 1 N–H and O–H groups in total. The van der Waals surface area contributed by atoms with Crippen molar-refractivity contribution in [2.45, 2.75) is 45.2 Å². The van der Waals surface area contributed by atoms with Gasteiger partial charge in [-0.3, -0.25) is 4.90 Å². The summed E-state index contributed by atoms with van der Waals surface area (Å²) in [4.78, 5) is 28.3. The number of carbonyl (C=O) groups is 2. The minimum atomic E-state index is -2.04.